The molecule has 3 aromatic rings. The molecule has 1 heterocycles. The molecule has 1 amide bonds. The first-order chi connectivity index (χ1) is 16.3. The molecule has 1 aromatic heterocycles. The maximum atomic E-state index is 13.5. The lowest BCUT2D eigenvalue weighted by Crippen LogP contribution is -2.41. The summed E-state index contributed by atoms with van der Waals surface area (Å²) in [5, 5.41) is 13.6. The van der Waals surface area contributed by atoms with Crippen LogP contribution in [0, 0.1) is 10.1 Å². The Labute approximate surface area is 208 Å². The fourth-order valence-electron chi connectivity index (χ4n) is 3.01. The first kappa shape index (κ1) is 25.9. The molecule has 0 fully saturated rings. The highest BCUT2D eigenvalue weighted by molar-refractivity contribution is 7.92. The van der Waals surface area contributed by atoms with E-state index in [0.29, 0.717) is 9.33 Å². The van der Waals surface area contributed by atoms with Gasteiger partial charge in [0.25, 0.3) is 21.3 Å². The number of nitrogens with one attached hydrogen (secondary N) is 1. The van der Waals surface area contributed by atoms with Crippen molar-refractivity contribution in [2.24, 2.45) is 14.1 Å². The molecule has 0 atom stereocenters. The van der Waals surface area contributed by atoms with Gasteiger partial charge in [0.05, 0.1) is 15.5 Å². The lowest BCUT2D eigenvalue weighted by molar-refractivity contribution is -0.384. The quantitative estimate of drug-likeness (QED) is 0.355. The van der Waals surface area contributed by atoms with Crippen LogP contribution in [0.2, 0.25) is 10.0 Å². The fourth-order valence-corrected chi connectivity index (χ4v) is 4.76. The average Bonchev–Trinajstić information content (AvgIpc) is 2.80. The van der Waals surface area contributed by atoms with E-state index in [4.69, 9.17) is 23.2 Å². The Kier molecular flexibility index (Phi) is 7.33. The molecule has 0 spiro atoms. The first-order valence-corrected chi connectivity index (χ1v) is 11.8. The second kappa shape index (κ2) is 9.90. The summed E-state index contributed by atoms with van der Waals surface area (Å²) < 4.78 is 29.4. The summed E-state index contributed by atoms with van der Waals surface area (Å²) in [5.41, 5.74) is -1.99. The maximum absolute atomic E-state index is 13.5. The van der Waals surface area contributed by atoms with Gasteiger partial charge in [-0.1, -0.05) is 23.2 Å². The van der Waals surface area contributed by atoms with Crippen molar-refractivity contribution in [3.63, 3.8) is 0 Å². The molecule has 0 radical (unpaired) electrons. The molecule has 2 aromatic carbocycles. The van der Waals surface area contributed by atoms with Crippen LogP contribution in [0.25, 0.3) is 0 Å². The monoisotopic (exact) mass is 541 g/mol. The number of nitrogens with zero attached hydrogens (tertiary/aromatic N) is 4. The van der Waals surface area contributed by atoms with E-state index in [9.17, 15) is 32.9 Å². The van der Waals surface area contributed by atoms with Crippen molar-refractivity contribution in [3.05, 3.63) is 89.5 Å². The summed E-state index contributed by atoms with van der Waals surface area (Å²) in [6.45, 7) is -0.802. The van der Waals surface area contributed by atoms with Crippen molar-refractivity contribution < 1.29 is 18.1 Å². The van der Waals surface area contributed by atoms with E-state index in [1.807, 2.05) is 0 Å². The molecule has 0 saturated heterocycles. The summed E-state index contributed by atoms with van der Waals surface area (Å²) in [6.07, 6.45) is 0. The summed E-state index contributed by atoms with van der Waals surface area (Å²) in [6, 6.07) is 9.37. The van der Waals surface area contributed by atoms with Crippen LogP contribution in [-0.2, 0) is 28.9 Å². The van der Waals surface area contributed by atoms with Gasteiger partial charge < -0.3 is 5.32 Å². The normalized spacial score (nSPS) is 11.2. The summed E-state index contributed by atoms with van der Waals surface area (Å²) in [7, 11) is -1.95. The second-order valence-electron chi connectivity index (χ2n) is 7.18. The van der Waals surface area contributed by atoms with Gasteiger partial charge >= 0.3 is 5.69 Å². The van der Waals surface area contributed by atoms with Crippen LogP contribution in [0.4, 0.5) is 17.2 Å². The Bertz CT molecular complexity index is 1550. The summed E-state index contributed by atoms with van der Waals surface area (Å²) >= 11 is 11.7. The third-order valence-corrected chi connectivity index (χ3v) is 7.24. The van der Waals surface area contributed by atoms with E-state index >= 15 is 0 Å². The maximum Gasteiger partial charge on any atom is 0.332 e. The molecule has 0 aliphatic heterocycles. The van der Waals surface area contributed by atoms with Crippen LogP contribution >= 0.6 is 23.2 Å². The van der Waals surface area contributed by atoms with Crippen LogP contribution in [0.1, 0.15) is 0 Å². The standard InChI is InChI=1S/C20H17Cl2N5O7S/c1-24-17(10-19(29)25(2)20(24)30)23-18(28)11-26(13-5-3-12(21)4-6-13)35(33,34)14-7-8-15(22)16(9-14)27(31)32/h3-10H,11H2,1-2H3,(H,23,28). The van der Waals surface area contributed by atoms with Gasteiger partial charge in [-0.3, -0.25) is 33.1 Å². The summed E-state index contributed by atoms with van der Waals surface area (Å²) in [4.78, 5) is 46.8. The van der Waals surface area contributed by atoms with Crippen molar-refractivity contribution in [2.75, 3.05) is 16.2 Å². The fraction of sp³-hybridized carbons (Fsp3) is 0.150. The van der Waals surface area contributed by atoms with Crippen molar-refractivity contribution >= 4 is 56.3 Å². The molecule has 1 N–H and O–H groups in total. The van der Waals surface area contributed by atoms with Crippen molar-refractivity contribution in [1.82, 2.24) is 9.13 Å². The van der Waals surface area contributed by atoms with E-state index in [0.717, 1.165) is 33.4 Å². The van der Waals surface area contributed by atoms with Gasteiger partial charge in [0.15, 0.2) is 0 Å². The average molecular weight is 542 g/mol. The minimum Gasteiger partial charge on any atom is -0.310 e. The third-order valence-electron chi connectivity index (χ3n) is 4.90. The molecular weight excluding hydrogens is 525 g/mol. The van der Waals surface area contributed by atoms with Gasteiger partial charge in [0.2, 0.25) is 5.91 Å². The molecule has 12 nitrogen and oxygen atoms in total. The number of carbonyl (C=O) groups is 1. The molecule has 184 valence electrons. The van der Waals surface area contributed by atoms with E-state index in [1.165, 1.54) is 38.4 Å². The van der Waals surface area contributed by atoms with Gasteiger partial charge in [-0.2, -0.15) is 0 Å². The Hall–Kier alpha value is -3.68. The van der Waals surface area contributed by atoms with Crippen LogP contribution < -0.4 is 20.9 Å². The molecule has 0 aliphatic rings. The molecule has 0 aliphatic carbocycles. The second-order valence-corrected chi connectivity index (χ2v) is 9.88. The zero-order valence-electron chi connectivity index (χ0n) is 18.1. The predicted octanol–water partition coefficient (Wildman–Crippen LogP) is 2.13. The largest absolute Gasteiger partial charge is 0.332 e. The minimum absolute atomic E-state index is 0.0278. The van der Waals surface area contributed by atoms with Gasteiger partial charge in [0, 0.05) is 31.3 Å². The van der Waals surface area contributed by atoms with E-state index in [1.54, 1.807) is 0 Å². The van der Waals surface area contributed by atoms with Crippen molar-refractivity contribution in [1.29, 1.82) is 0 Å². The van der Waals surface area contributed by atoms with Gasteiger partial charge in [-0.05, 0) is 36.4 Å². The van der Waals surface area contributed by atoms with E-state index in [-0.39, 0.29) is 16.5 Å². The van der Waals surface area contributed by atoms with Gasteiger partial charge in [-0.25, -0.2) is 13.2 Å². The highest BCUT2D eigenvalue weighted by atomic mass is 35.5. The zero-order chi connectivity index (χ0) is 26.1. The van der Waals surface area contributed by atoms with Crippen LogP contribution in [0.15, 0.2) is 63.0 Å². The van der Waals surface area contributed by atoms with Crippen LogP contribution in [0.5, 0.6) is 0 Å². The number of benzene rings is 2. The summed E-state index contributed by atoms with van der Waals surface area (Å²) in [5.74, 6) is -1.05. The van der Waals surface area contributed by atoms with E-state index < -0.39 is 49.2 Å². The van der Waals surface area contributed by atoms with Gasteiger partial charge in [0.1, 0.15) is 17.4 Å². The Morgan fingerprint density at radius 2 is 1.69 bits per heavy atom. The molecule has 0 bridgehead atoms. The molecule has 3 rings (SSSR count). The Balaban J connectivity index is 2.05. The number of amides is 1. The molecule has 0 saturated carbocycles. The lowest BCUT2D eigenvalue weighted by Gasteiger charge is -2.24. The molecular formula is C20H17Cl2N5O7S. The number of nitro groups is 1. The zero-order valence-corrected chi connectivity index (χ0v) is 20.5. The number of aromatic nitrogens is 2. The lowest BCUT2D eigenvalue weighted by atomic mass is 10.3. The Morgan fingerprint density at radius 3 is 2.29 bits per heavy atom. The third kappa shape index (κ3) is 5.37. The highest BCUT2D eigenvalue weighted by Crippen LogP contribution is 2.31. The van der Waals surface area contributed by atoms with E-state index in [2.05, 4.69) is 5.32 Å². The molecule has 15 heteroatoms. The first-order valence-electron chi connectivity index (χ1n) is 9.62. The SMILES string of the molecule is Cn1c(NC(=O)CN(c2ccc(Cl)cc2)S(=O)(=O)c2ccc(Cl)c([N+](=O)[O-])c2)cc(=O)n(C)c1=O. The molecule has 35 heavy (non-hydrogen) atoms. The van der Waals surface area contributed by atoms with Crippen LogP contribution in [-0.4, -0.2) is 34.9 Å². The van der Waals surface area contributed by atoms with Crippen molar-refractivity contribution in [2.45, 2.75) is 4.90 Å². The van der Waals surface area contributed by atoms with Crippen LogP contribution in [0.3, 0.4) is 0 Å². The smallest absolute Gasteiger partial charge is 0.310 e. The predicted molar refractivity (Wildman–Crippen MR) is 130 cm³/mol. The number of sulfonamides is 1. The number of hydrogen-bond donors (Lipinski definition) is 1. The number of hydrogen-bond acceptors (Lipinski definition) is 7. The number of anilines is 2. The topological polar surface area (TPSA) is 154 Å². The minimum atomic E-state index is -4.53. The van der Waals surface area contributed by atoms with Crippen molar-refractivity contribution in [3.8, 4) is 0 Å². The number of rotatable bonds is 7. The highest BCUT2D eigenvalue weighted by Gasteiger charge is 2.30. The Morgan fingerprint density at radius 1 is 1.06 bits per heavy atom. The number of carbonyl (C=O) groups excluding carboxylic acids is 1. The van der Waals surface area contributed by atoms with Gasteiger partial charge in [-0.15, -0.1) is 0 Å². The molecule has 0 unspecified atom stereocenters. The number of nitro benzene ring substituents is 1. The number of halogens is 2.